The number of anilines is 1. The Morgan fingerprint density at radius 2 is 1.82 bits per heavy atom. The van der Waals surface area contributed by atoms with Gasteiger partial charge in [0.25, 0.3) is 0 Å². The highest BCUT2D eigenvalue weighted by molar-refractivity contribution is 7.92. The van der Waals surface area contributed by atoms with Crippen LogP contribution in [0.5, 0.6) is 0 Å². The maximum Gasteiger partial charge on any atom is 0.204 e. The Morgan fingerprint density at radius 3 is 2.55 bits per heavy atom. The standard InChI is InChI=1S/C25H29N3O3S2/c1-16-8-9-18(3)22(14-16)33(30,31)24(19-10-12-26-13-11-19)28-25-27-15-21(32-25)23(29)20-7-5-4-6-17(20)2/h4-9,14-15,19,24,26H,10-13H2,1-3H3,(H,27,28). The first kappa shape index (κ1) is 23.6. The topological polar surface area (TPSA) is 88.2 Å². The second-order valence-corrected chi connectivity index (χ2v) is 11.7. The fraction of sp³-hybridized carbons (Fsp3) is 0.360. The number of nitrogens with one attached hydrogen (secondary N) is 2. The SMILES string of the molecule is Cc1ccc(C)c(S(=O)(=O)C(Nc2ncc(C(=O)c3ccccc3C)s2)C2CCNCC2)c1. The van der Waals surface area contributed by atoms with Crippen molar-refractivity contribution in [3.05, 3.63) is 75.8 Å². The zero-order valence-corrected chi connectivity index (χ0v) is 20.7. The maximum atomic E-state index is 13.8. The van der Waals surface area contributed by atoms with E-state index in [1.165, 1.54) is 17.5 Å². The van der Waals surface area contributed by atoms with E-state index in [1.807, 2.05) is 51.1 Å². The molecule has 0 spiro atoms. The molecule has 1 aliphatic heterocycles. The van der Waals surface area contributed by atoms with Gasteiger partial charge in [0.1, 0.15) is 5.37 Å². The van der Waals surface area contributed by atoms with Crippen molar-refractivity contribution in [2.24, 2.45) is 5.92 Å². The van der Waals surface area contributed by atoms with E-state index in [1.54, 1.807) is 12.1 Å². The molecule has 0 saturated carbocycles. The Kier molecular flexibility index (Phi) is 6.97. The van der Waals surface area contributed by atoms with E-state index in [4.69, 9.17) is 0 Å². The third-order valence-electron chi connectivity index (χ3n) is 6.18. The number of hydrogen-bond acceptors (Lipinski definition) is 7. The quantitative estimate of drug-likeness (QED) is 0.481. The van der Waals surface area contributed by atoms with Crippen LogP contribution in [0.3, 0.4) is 0 Å². The Balaban J connectivity index is 1.66. The molecule has 0 radical (unpaired) electrons. The van der Waals surface area contributed by atoms with Crippen molar-refractivity contribution in [1.82, 2.24) is 10.3 Å². The van der Waals surface area contributed by atoms with Gasteiger partial charge in [-0.3, -0.25) is 4.79 Å². The highest BCUT2D eigenvalue weighted by Crippen LogP contribution is 2.32. The van der Waals surface area contributed by atoms with Crippen LogP contribution in [0.4, 0.5) is 5.13 Å². The van der Waals surface area contributed by atoms with Crippen molar-refractivity contribution in [1.29, 1.82) is 0 Å². The van der Waals surface area contributed by atoms with E-state index in [0.29, 0.717) is 20.5 Å². The number of thiazole rings is 1. The second kappa shape index (κ2) is 9.75. The molecule has 1 fully saturated rings. The highest BCUT2D eigenvalue weighted by Gasteiger charge is 2.37. The van der Waals surface area contributed by atoms with E-state index < -0.39 is 15.2 Å². The lowest BCUT2D eigenvalue weighted by Gasteiger charge is -2.31. The minimum absolute atomic E-state index is 0.0596. The number of aromatic nitrogens is 1. The van der Waals surface area contributed by atoms with Crippen LogP contribution in [0.25, 0.3) is 0 Å². The van der Waals surface area contributed by atoms with Crippen molar-refractivity contribution < 1.29 is 13.2 Å². The van der Waals surface area contributed by atoms with Gasteiger partial charge >= 0.3 is 0 Å². The lowest BCUT2D eigenvalue weighted by atomic mass is 9.98. The number of benzene rings is 2. The second-order valence-electron chi connectivity index (χ2n) is 8.64. The molecule has 2 heterocycles. The number of ketones is 1. The number of rotatable bonds is 7. The summed E-state index contributed by atoms with van der Waals surface area (Å²) in [5, 5.41) is 6.16. The van der Waals surface area contributed by atoms with Crippen LogP contribution in [-0.4, -0.2) is 37.6 Å². The Bertz CT molecular complexity index is 1260. The molecule has 4 rings (SSSR count). The molecular weight excluding hydrogens is 454 g/mol. The van der Waals surface area contributed by atoms with Gasteiger partial charge in [0.2, 0.25) is 5.78 Å². The van der Waals surface area contributed by atoms with Gasteiger partial charge in [-0.05, 0) is 75.4 Å². The van der Waals surface area contributed by atoms with Crippen molar-refractivity contribution in [3.8, 4) is 0 Å². The Hall–Kier alpha value is -2.55. The monoisotopic (exact) mass is 483 g/mol. The van der Waals surface area contributed by atoms with Crippen LogP contribution in [0, 0.1) is 26.7 Å². The minimum atomic E-state index is -3.68. The van der Waals surface area contributed by atoms with Gasteiger partial charge in [-0.1, -0.05) is 47.7 Å². The molecule has 1 atom stereocenters. The zero-order chi connectivity index (χ0) is 23.6. The molecule has 1 unspecified atom stereocenters. The number of carbonyl (C=O) groups is 1. The number of hydrogen-bond donors (Lipinski definition) is 2. The van der Waals surface area contributed by atoms with E-state index in [-0.39, 0.29) is 11.7 Å². The summed E-state index contributed by atoms with van der Waals surface area (Å²) in [6.45, 7) is 7.18. The van der Waals surface area contributed by atoms with E-state index in [9.17, 15) is 13.2 Å². The highest BCUT2D eigenvalue weighted by atomic mass is 32.2. The first-order valence-electron chi connectivity index (χ1n) is 11.1. The van der Waals surface area contributed by atoms with Gasteiger partial charge in [0.05, 0.1) is 16.0 Å². The van der Waals surface area contributed by atoms with Crippen LogP contribution in [0.2, 0.25) is 0 Å². The largest absolute Gasteiger partial charge is 0.345 e. The average Bonchev–Trinajstić information content (AvgIpc) is 3.28. The summed E-state index contributed by atoms with van der Waals surface area (Å²) in [5.74, 6) is -0.162. The van der Waals surface area contributed by atoms with E-state index >= 15 is 0 Å². The van der Waals surface area contributed by atoms with Crippen molar-refractivity contribution in [3.63, 3.8) is 0 Å². The summed E-state index contributed by atoms with van der Waals surface area (Å²) < 4.78 is 27.7. The molecule has 8 heteroatoms. The summed E-state index contributed by atoms with van der Waals surface area (Å²) in [6, 6.07) is 13.0. The molecule has 0 amide bonds. The number of aryl methyl sites for hydroxylation is 3. The van der Waals surface area contributed by atoms with Crippen LogP contribution >= 0.6 is 11.3 Å². The van der Waals surface area contributed by atoms with Crippen molar-refractivity contribution in [2.75, 3.05) is 18.4 Å². The van der Waals surface area contributed by atoms with Crippen molar-refractivity contribution in [2.45, 2.75) is 43.9 Å². The number of sulfone groups is 1. The lowest BCUT2D eigenvalue weighted by molar-refractivity contribution is 0.104. The summed E-state index contributed by atoms with van der Waals surface area (Å²) >= 11 is 1.20. The summed E-state index contributed by atoms with van der Waals surface area (Å²) in [7, 11) is -3.68. The molecule has 0 aliphatic carbocycles. The molecule has 3 aromatic rings. The third kappa shape index (κ3) is 5.03. The van der Waals surface area contributed by atoms with E-state index in [0.717, 1.165) is 42.6 Å². The molecule has 1 aliphatic rings. The molecule has 2 N–H and O–H groups in total. The molecule has 0 bridgehead atoms. The van der Waals surface area contributed by atoms with Crippen LogP contribution in [0.1, 0.15) is 44.8 Å². The predicted octanol–water partition coefficient (Wildman–Crippen LogP) is 4.51. The van der Waals surface area contributed by atoms with Gasteiger partial charge in [-0.2, -0.15) is 0 Å². The van der Waals surface area contributed by atoms with Crippen LogP contribution in [0.15, 0.2) is 53.6 Å². The fourth-order valence-electron chi connectivity index (χ4n) is 4.27. The van der Waals surface area contributed by atoms with E-state index in [2.05, 4.69) is 15.6 Å². The van der Waals surface area contributed by atoms with Crippen molar-refractivity contribution >= 4 is 32.1 Å². The van der Waals surface area contributed by atoms with Crippen LogP contribution < -0.4 is 10.6 Å². The normalized spacial score (nSPS) is 15.8. The number of carbonyl (C=O) groups excluding carboxylic acids is 1. The number of nitrogens with zero attached hydrogens (tertiary/aromatic N) is 1. The summed E-state index contributed by atoms with van der Waals surface area (Å²) in [6.07, 6.45) is 3.04. The molecular formula is C25H29N3O3S2. The van der Waals surface area contributed by atoms with Gasteiger partial charge in [-0.15, -0.1) is 0 Å². The predicted molar refractivity (Wildman–Crippen MR) is 133 cm³/mol. The molecule has 174 valence electrons. The average molecular weight is 484 g/mol. The third-order valence-corrected chi connectivity index (χ3v) is 9.33. The maximum absolute atomic E-state index is 13.8. The molecule has 2 aromatic carbocycles. The number of piperidine rings is 1. The van der Waals surface area contributed by atoms with Gasteiger partial charge in [0, 0.05) is 5.56 Å². The van der Waals surface area contributed by atoms with Gasteiger partial charge in [0.15, 0.2) is 15.0 Å². The Labute approximate surface area is 199 Å². The lowest BCUT2D eigenvalue weighted by Crippen LogP contribution is -2.42. The summed E-state index contributed by atoms with van der Waals surface area (Å²) in [4.78, 5) is 18.2. The fourth-order valence-corrected chi connectivity index (χ4v) is 7.34. The first-order valence-corrected chi connectivity index (χ1v) is 13.5. The first-order chi connectivity index (χ1) is 15.8. The zero-order valence-electron chi connectivity index (χ0n) is 19.1. The van der Waals surface area contributed by atoms with Gasteiger partial charge < -0.3 is 10.6 Å². The minimum Gasteiger partial charge on any atom is -0.345 e. The van der Waals surface area contributed by atoms with Crippen LogP contribution in [-0.2, 0) is 9.84 Å². The molecule has 6 nitrogen and oxygen atoms in total. The van der Waals surface area contributed by atoms with Gasteiger partial charge in [-0.25, -0.2) is 13.4 Å². The Morgan fingerprint density at radius 1 is 1.09 bits per heavy atom. The molecule has 1 saturated heterocycles. The molecule has 1 aromatic heterocycles. The molecule has 33 heavy (non-hydrogen) atoms. The summed E-state index contributed by atoms with van der Waals surface area (Å²) in [5.41, 5.74) is 3.17. The smallest absolute Gasteiger partial charge is 0.204 e.